The number of rotatable bonds is 4. The number of aromatic nitrogens is 1. The molecule has 0 aromatic carbocycles. The van der Waals surface area contributed by atoms with E-state index in [9.17, 15) is 9.59 Å². The van der Waals surface area contributed by atoms with Gasteiger partial charge >= 0.3 is 5.97 Å². The summed E-state index contributed by atoms with van der Waals surface area (Å²) in [5.74, 6) is -1.06. The Hall–Kier alpha value is -1.91. The van der Waals surface area contributed by atoms with Gasteiger partial charge in [-0.2, -0.15) is 0 Å². The van der Waals surface area contributed by atoms with Gasteiger partial charge in [0.05, 0.1) is 5.56 Å². The standard InChI is InChI=1S/C16H22N2O3/c1-11(12-7-4-2-3-5-8-12)18-15(19)14-13(16(20)21)9-6-10-17-14/h6,9-12H,2-5,7-8H2,1H3,(H,18,19)(H,20,21)/t11-/m0/s1. The van der Waals surface area contributed by atoms with Gasteiger partial charge in [0, 0.05) is 12.2 Å². The second kappa shape index (κ2) is 7.20. The molecule has 1 aliphatic carbocycles. The van der Waals surface area contributed by atoms with Gasteiger partial charge in [-0.1, -0.05) is 25.7 Å². The highest BCUT2D eigenvalue weighted by Gasteiger charge is 2.23. The number of aromatic carboxylic acids is 1. The lowest BCUT2D eigenvalue weighted by molar-refractivity contribution is 0.0689. The second-order valence-corrected chi connectivity index (χ2v) is 5.72. The molecular weight excluding hydrogens is 268 g/mol. The molecule has 1 fully saturated rings. The fourth-order valence-corrected chi connectivity index (χ4v) is 2.96. The predicted octanol–water partition coefficient (Wildman–Crippen LogP) is 2.87. The molecule has 0 saturated heterocycles. The van der Waals surface area contributed by atoms with Crippen LogP contribution < -0.4 is 5.32 Å². The minimum Gasteiger partial charge on any atom is -0.478 e. The zero-order valence-corrected chi connectivity index (χ0v) is 12.3. The van der Waals surface area contributed by atoms with Gasteiger partial charge in [0.15, 0.2) is 0 Å². The van der Waals surface area contributed by atoms with E-state index in [0.29, 0.717) is 5.92 Å². The van der Waals surface area contributed by atoms with Crippen LogP contribution in [-0.4, -0.2) is 28.0 Å². The Balaban J connectivity index is 2.05. The van der Waals surface area contributed by atoms with Crippen molar-refractivity contribution in [2.24, 2.45) is 5.92 Å². The maximum absolute atomic E-state index is 12.3. The van der Waals surface area contributed by atoms with Crippen LogP contribution in [0.1, 0.15) is 66.3 Å². The topological polar surface area (TPSA) is 79.3 Å². The lowest BCUT2D eigenvalue weighted by Gasteiger charge is -2.23. The zero-order chi connectivity index (χ0) is 15.2. The smallest absolute Gasteiger partial charge is 0.338 e. The molecule has 2 N–H and O–H groups in total. The van der Waals surface area contributed by atoms with Crippen LogP contribution >= 0.6 is 0 Å². The van der Waals surface area contributed by atoms with Crippen molar-refractivity contribution >= 4 is 11.9 Å². The maximum atomic E-state index is 12.3. The van der Waals surface area contributed by atoms with Gasteiger partial charge in [0.1, 0.15) is 5.69 Å². The molecule has 1 aromatic rings. The summed E-state index contributed by atoms with van der Waals surface area (Å²) in [7, 11) is 0. The number of nitrogens with zero attached hydrogens (tertiary/aromatic N) is 1. The molecular formula is C16H22N2O3. The number of hydrogen-bond acceptors (Lipinski definition) is 3. The Labute approximate surface area is 124 Å². The van der Waals surface area contributed by atoms with Crippen molar-refractivity contribution in [2.75, 3.05) is 0 Å². The SMILES string of the molecule is C[C@H](NC(=O)c1ncccc1C(=O)O)C1CCCCCC1. The van der Waals surface area contributed by atoms with E-state index < -0.39 is 11.9 Å². The summed E-state index contributed by atoms with van der Waals surface area (Å²) in [6, 6.07) is 2.97. The molecule has 0 bridgehead atoms. The summed E-state index contributed by atoms with van der Waals surface area (Å²) in [5, 5.41) is 12.0. The normalized spacial score (nSPS) is 17.8. The third kappa shape index (κ3) is 4.03. The summed E-state index contributed by atoms with van der Waals surface area (Å²) in [6.07, 6.45) is 8.62. The van der Waals surface area contributed by atoms with Crippen LogP contribution in [0.15, 0.2) is 18.3 Å². The first-order valence-corrected chi connectivity index (χ1v) is 7.58. The van der Waals surface area contributed by atoms with Crippen LogP contribution in [0.3, 0.4) is 0 Å². The number of carboxylic acid groups (broad SMARTS) is 1. The summed E-state index contributed by atoms with van der Waals surface area (Å²) >= 11 is 0. The third-order valence-electron chi connectivity index (χ3n) is 4.22. The van der Waals surface area contributed by atoms with Gasteiger partial charge < -0.3 is 10.4 Å². The van der Waals surface area contributed by atoms with E-state index in [1.807, 2.05) is 6.92 Å². The molecule has 0 aliphatic heterocycles. The van der Waals surface area contributed by atoms with Crippen molar-refractivity contribution in [3.63, 3.8) is 0 Å². The molecule has 5 heteroatoms. The van der Waals surface area contributed by atoms with Gasteiger partial charge in [-0.15, -0.1) is 0 Å². The summed E-state index contributed by atoms with van der Waals surface area (Å²) in [4.78, 5) is 27.3. The van der Waals surface area contributed by atoms with Crippen LogP contribution in [0, 0.1) is 5.92 Å². The quantitative estimate of drug-likeness (QED) is 0.836. The van der Waals surface area contributed by atoms with E-state index in [2.05, 4.69) is 10.3 Å². The highest BCUT2D eigenvalue weighted by Crippen LogP contribution is 2.25. The first-order valence-electron chi connectivity index (χ1n) is 7.58. The van der Waals surface area contributed by atoms with Gasteiger partial charge in [-0.05, 0) is 37.8 Å². The lowest BCUT2D eigenvalue weighted by Crippen LogP contribution is -2.39. The number of carbonyl (C=O) groups is 2. The molecule has 0 unspecified atom stereocenters. The van der Waals surface area contributed by atoms with Crippen LogP contribution in [0.25, 0.3) is 0 Å². The minimum atomic E-state index is -1.13. The molecule has 1 aliphatic rings. The zero-order valence-electron chi connectivity index (χ0n) is 12.3. The van der Waals surface area contributed by atoms with Crippen LogP contribution in [0.2, 0.25) is 0 Å². The second-order valence-electron chi connectivity index (χ2n) is 5.72. The van der Waals surface area contributed by atoms with Crippen molar-refractivity contribution in [1.29, 1.82) is 0 Å². The molecule has 1 saturated carbocycles. The average Bonchev–Trinajstić information content (AvgIpc) is 2.76. The van der Waals surface area contributed by atoms with E-state index in [0.717, 1.165) is 12.8 Å². The van der Waals surface area contributed by atoms with Crippen LogP contribution in [0.5, 0.6) is 0 Å². The largest absolute Gasteiger partial charge is 0.478 e. The van der Waals surface area contributed by atoms with Gasteiger partial charge in [0.2, 0.25) is 0 Å². The summed E-state index contributed by atoms with van der Waals surface area (Å²) in [6.45, 7) is 2.00. The van der Waals surface area contributed by atoms with E-state index in [1.165, 1.54) is 44.0 Å². The highest BCUT2D eigenvalue weighted by atomic mass is 16.4. The lowest BCUT2D eigenvalue weighted by atomic mass is 9.93. The molecule has 114 valence electrons. The summed E-state index contributed by atoms with van der Waals surface area (Å²) in [5.41, 5.74) is -0.0615. The first kappa shape index (κ1) is 15.5. The molecule has 21 heavy (non-hydrogen) atoms. The molecule has 1 aromatic heterocycles. The fourth-order valence-electron chi connectivity index (χ4n) is 2.96. The monoisotopic (exact) mass is 290 g/mol. The van der Waals surface area contributed by atoms with Gasteiger partial charge in [-0.25, -0.2) is 4.79 Å². The van der Waals surface area contributed by atoms with Crippen molar-refractivity contribution in [1.82, 2.24) is 10.3 Å². The average molecular weight is 290 g/mol. The predicted molar refractivity (Wildman–Crippen MR) is 79.3 cm³/mol. The van der Waals surface area contributed by atoms with E-state index in [4.69, 9.17) is 5.11 Å². The fraction of sp³-hybridized carbons (Fsp3) is 0.562. The molecule has 2 rings (SSSR count). The van der Waals surface area contributed by atoms with E-state index in [1.54, 1.807) is 0 Å². The van der Waals surface area contributed by atoms with E-state index >= 15 is 0 Å². The molecule has 0 spiro atoms. The highest BCUT2D eigenvalue weighted by molar-refractivity contribution is 6.03. The first-order chi connectivity index (χ1) is 10.1. The number of pyridine rings is 1. The maximum Gasteiger partial charge on any atom is 0.338 e. The van der Waals surface area contributed by atoms with Gasteiger partial charge in [-0.3, -0.25) is 9.78 Å². The molecule has 1 atom stereocenters. The van der Waals surface area contributed by atoms with Crippen molar-refractivity contribution < 1.29 is 14.7 Å². The van der Waals surface area contributed by atoms with Crippen molar-refractivity contribution in [3.05, 3.63) is 29.6 Å². The van der Waals surface area contributed by atoms with Crippen LogP contribution in [0.4, 0.5) is 0 Å². The summed E-state index contributed by atoms with van der Waals surface area (Å²) < 4.78 is 0. The van der Waals surface area contributed by atoms with Crippen molar-refractivity contribution in [2.45, 2.75) is 51.5 Å². The number of nitrogens with one attached hydrogen (secondary N) is 1. The third-order valence-corrected chi connectivity index (χ3v) is 4.22. The molecule has 1 amide bonds. The molecule has 1 heterocycles. The Morgan fingerprint density at radius 1 is 1.29 bits per heavy atom. The Morgan fingerprint density at radius 2 is 1.95 bits per heavy atom. The number of carboxylic acids is 1. The van der Waals surface area contributed by atoms with Crippen LogP contribution in [-0.2, 0) is 0 Å². The Bertz CT molecular complexity index is 508. The Kier molecular flexibility index (Phi) is 5.31. The molecule has 5 nitrogen and oxygen atoms in total. The molecule has 0 radical (unpaired) electrons. The number of carbonyl (C=O) groups excluding carboxylic acids is 1. The van der Waals surface area contributed by atoms with E-state index in [-0.39, 0.29) is 17.3 Å². The minimum absolute atomic E-state index is 0.00882. The number of hydrogen-bond donors (Lipinski definition) is 2. The number of amides is 1. The Morgan fingerprint density at radius 3 is 2.57 bits per heavy atom. The van der Waals surface area contributed by atoms with Gasteiger partial charge in [0.25, 0.3) is 5.91 Å². The van der Waals surface area contributed by atoms with Crippen molar-refractivity contribution in [3.8, 4) is 0 Å².